The van der Waals surface area contributed by atoms with Gasteiger partial charge in [0.1, 0.15) is 11.5 Å². The molecule has 3 atom stereocenters. The SMILES string of the molecule is CCCCC(CC)COc1c2cc(-c3ccc(-c4sc(-c5cccs5)c5c4C(=O)N(CC(CC)CCCC)C5=O)s3)sc2c(OCC(CC)CCCC)c2ccsc12. The fourth-order valence-electron chi connectivity index (χ4n) is 8.13. The number of hydrogen-bond acceptors (Lipinski definition) is 9. The highest BCUT2D eigenvalue weighted by Crippen LogP contribution is 2.54. The molecule has 6 aromatic rings. The molecule has 0 spiro atoms. The van der Waals surface area contributed by atoms with E-state index in [4.69, 9.17) is 9.47 Å². The number of amides is 2. The zero-order valence-corrected chi connectivity index (χ0v) is 39.2. The quantitative estimate of drug-likeness (QED) is 0.0602. The van der Waals surface area contributed by atoms with Crippen LogP contribution >= 0.6 is 56.7 Å². The normalized spacial score (nSPS) is 14.6. The topological polar surface area (TPSA) is 55.8 Å². The highest BCUT2D eigenvalue weighted by Gasteiger charge is 2.43. The van der Waals surface area contributed by atoms with Gasteiger partial charge in [-0.1, -0.05) is 105 Å². The molecular formula is C48H59NO4S5. The molecule has 58 heavy (non-hydrogen) atoms. The molecular weight excluding hydrogens is 815 g/mol. The summed E-state index contributed by atoms with van der Waals surface area (Å²) >= 11 is 8.45. The molecule has 1 aromatic carbocycles. The molecule has 0 saturated heterocycles. The minimum Gasteiger partial charge on any atom is -0.491 e. The van der Waals surface area contributed by atoms with E-state index in [9.17, 15) is 9.59 Å². The molecule has 0 aliphatic carbocycles. The Kier molecular flexibility index (Phi) is 14.9. The van der Waals surface area contributed by atoms with E-state index in [0.29, 0.717) is 48.6 Å². The van der Waals surface area contributed by atoms with Crippen LogP contribution in [0.4, 0.5) is 0 Å². The second kappa shape index (κ2) is 20.0. The lowest BCUT2D eigenvalue weighted by Crippen LogP contribution is -2.34. The van der Waals surface area contributed by atoms with E-state index in [1.54, 1.807) is 61.6 Å². The number of nitrogens with zero attached hydrogens (tertiary/aromatic N) is 1. The second-order valence-electron chi connectivity index (χ2n) is 15.9. The Morgan fingerprint density at radius 3 is 1.74 bits per heavy atom. The average Bonchev–Trinajstić information content (AvgIpc) is 4.10. The Balaban J connectivity index is 1.28. The summed E-state index contributed by atoms with van der Waals surface area (Å²) in [5.74, 6) is 3.02. The van der Waals surface area contributed by atoms with Crippen LogP contribution in [0, 0.1) is 17.8 Å². The van der Waals surface area contributed by atoms with Crippen molar-refractivity contribution in [1.82, 2.24) is 4.90 Å². The Morgan fingerprint density at radius 1 is 0.569 bits per heavy atom. The number of benzene rings is 1. The van der Waals surface area contributed by atoms with Crippen LogP contribution in [0.1, 0.15) is 139 Å². The molecule has 2 amide bonds. The molecule has 1 aliphatic heterocycles. The average molecular weight is 874 g/mol. The molecule has 6 heterocycles. The van der Waals surface area contributed by atoms with Crippen molar-refractivity contribution in [3.63, 3.8) is 0 Å². The molecule has 310 valence electrons. The third kappa shape index (κ3) is 8.88. The highest BCUT2D eigenvalue weighted by atomic mass is 32.1. The van der Waals surface area contributed by atoms with Gasteiger partial charge < -0.3 is 9.47 Å². The number of rotatable bonds is 23. The van der Waals surface area contributed by atoms with E-state index in [-0.39, 0.29) is 11.8 Å². The second-order valence-corrected chi connectivity index (χ2v) is 20.9. The lowest BCUT2D eigenvalue weighted by molar-refractivity contribution is 0.0624. The summed E-state index contributed by atoms with van der Waals surface area (Å²) in [5.41, 5.74) is 1.18. The first-order chi connectivity index (χ1) is 28.3. The van der Waals surface area contributed by atoms with Crippen molar-refractivity contribution in [3.8, 4) is 40.8 Å². The molecule has 0 fully saturated rings. The van der Waals surface area contributed by atoms with Gasteiger partial charge in [0.05, 0.1) is 43.5 Å². The van der Waals surface area contributed by atoms with E-state index in [1.807, 2.05) is 11.4 Å². The Hall–Kier alpha value is -3.02. The molecule has 7 rings (SSSR count). The minimum absolute atomic E-state index is 0.137. The number of thiophene rings is 5. The number of unbranched alkanes of at least 4 members (excludes halogenated alkanes) is 3. The summed E-state index contributed by atoms with van der Waals surface area (Å²) in [6, 6.07) is 13.0. The van der Waals surface area contributed by atoms with Gasteiger partial charge in [0.25, 0.3) is 11.8 Å². The van der Waals surface area contributed by atoms with Crippen LogP contribution in [-0.2, 0) is 0 Å². The van der Waals surface area contributed by atoms with Gasteiger partial charge in [0.2, 0.25) is 0 Å². The predicted octanol–water partition coefficient (Wildman–Crippen LogP) is 16.3. The van der Waals surface area contributed by atoms with Gasteiger partial charge in [-0.15, -0.1) is 56.7 Å². The summed E-state index contributed by atoms with van der Waals surface area (Å²) in [7, 11) is 0. The van der Waals surface area contributed by atoms with Crippen molar-refractivity contribution in [2.75, 3.05) is 19.8 Å². The molecule has 0 saturated carbocycles. The van der Waals surface area contributed by atoms with Gasteiger partial charge in [0, 0.05) is 36.8 Å². The lowest BCUT2D eigenvalue weighted by atomic mass is 9.99. The van der Waals surface area contributed by atoms with Gasteiger partial charge in [-0.05, 0) is 78.1 Å². The van der Waals surface area contributed by atoms with E-state index in [2.05, 4.69) is 77.3 Å². The third-order valence-electron chi connectivity index (χ3n) is 11.9. The van der Waals surface area contributed by atoms with Crippen LogP contribution in [0.2, 0.25) is 0 Å². The Labute approximate surface area is 365 Å². The summed E-state index contributed by atoms with van der Waals surface area (Å²) in [6.45, 7) is 15.3. The van der Waals surface area contributed by atoms with E-state index >= 15 is 0 Å². The van der Waals surface area contributed by atoms with Crippen LogP contribution in [0.5, 0.6) is 11.5 Å². The van der Waals surface area contributed by atoms with E-state index in [0.717, 1.165) is 99.5 Å². The van der Waals surface area contributed by atoms with Gasteiger partial charge in [-0.2, -0.15) is 0 Å². The monoisotopic (exact) mass is 873 g/mol. The van der Waals surface area contributed by atoms with Crippen LogP contribution in [0.15, 0.2) is 47.2 Å². The lowest BCUT2D eigenvalue weighted by Gasteiger charge is -2.21. The number of carbonyl (C=O) groups excluding carboxylic acids is 2. The molecule has 0 bridgehead atoms. The molecule has 5 nitrogen and oxygen atoms in total. The largest absolute Gasteiger partial charge is 0.491 e. The Morgan fingerprint density at radius 2 is 1.16 bits per heavy atom. The fourth-order valence-corrected chi connectivity index (χ4v) is 13.6. The first-order valence-electron chi connectivity index (χ1n) is 21.7. The first-order valence-corrected chi connectivity index (χ1v) is 26.0. The van der Waals surface area contributed by atoms with Crippen molar-refractivity contribution >= 4 is 88.7 Å². The number of carbonyl (C=O) groups is 2. The van der Waals surface area contributed by atoms with Crippen LogP contribution in [0.25, 0.3) is 49.4 Å². The van der Waals surface area contributed by atoms with Crippen molar-refractivity contribution in [2.45, 2.75) is 119 Å². The van der Waals surface area contributed by atoms with Crippen molar-refractivity contribution in [3.05, 3.63) is 58.3 Å². The zero-order chi connectivity index (χ0) is 40.8. The summed E-state index contributed by atoms with van der Waals surface area (Å²) in [5, 5.41) is 6.48. The minimum atomic E-state index is -0.141. The molecule has 0 N–H and O–H groups in total. The fraction of sp³-hybridized carbons (Fsp3) is 0.500. The number of fused-ring (bicyclic) bond motifs is 3. The smallest absolute Gasteiger partial charge is 0.263 e. The van der Waals surface area contributed by atoms with Crippen molar-refractivity contribution in [2.24, 2.45) is 17.8 Å². The first kappa shape index (κ1) is 43.1. The maximum atomic E-state index is 14.3. The van der Waals surface area contributed by atoms with Crippen LogP contribution < -0.4 is 9.47 Å². The van der Waals surface area contributed by atoms with E-state index < -0.39 is 0 Å². The number of ether oxygens (including phenoxy) is 2. The molecule has 0 radical (unpaired) electrons. The molecule has 1 aliphatic rings. The standard InChI is InChI=1S/C48H59NO4S5/c1-7-13-17-30(10-4)27-49-47(50)39-40(48(49)51)46(58-45(39)36-20-16-24-54-36)37-22-21-35(56-37)38-26-34-42(53-29-32(12-6)19-15-9-3)43-33(23-25-55-43)41(44(34)57-38)52-28-31(11-5)18-14-8-2/h16,20-26,30-32H,7-15,17-19,27-29H2,1-6H3. The van der Waals surface area contributed by atoms with E-state index in [1.165, 1.54) is 38.5 Å². The summed E-state index contributed by atoms with van der Waals surface area (Å²) in [6.07, 6.45) is 13.6. The Bertz CT molecular complexity index is 2220. The number of hydrogen-bond donors (Lipinski definition) is 0. The third-order valence-corrected chi connectivity index (χ3v) is 17.7. The van der Waals surface area contributed by atoms with Crippen molar-refractivity contribution in [1.29, 1.82) is 0 Å². The van der Waals surface area contributed by atoms with Crippen LogP contribution in [0.3, 0.4) is 0 Å². The van der Waals surface area contributed by atoms with Gasteiger partial charge in [-0.25, -0.2) is 0 Å². The van der Waals surface area contributed by atoms with Gasteiger partial charge >= 0.3 is 0 Å². The van der Waals surface area contributed by atoms with Gasteiger partial charge in [-0.3, -0.25) is 14.5 Å². The molecule has 3 unspecified atom stereocenters. The maximum absolute atomic E-state index is 14.3. The maximum Gasteiger partial charge on any atom is 0.263 e. The highest BCUT2D eigenvalue weighted by molar-refractivity contribution is 7.30. The summed E-state index contributed by atoms with van der Waals surface area (Å²) in [4.78, 5) is 36.3. The zero-order valence-electron chi connectivity index (χ0n) is 35.1. The molecule has 10 heteroatoms. The van der Waals surface area contributed by atoms with Crippen molar-refractivity contribution < 1.29 is 19.1 Å². The van der Waals surface area contributed by atoms with Crippen LogP contribution in [-0.4, -0.2) is 36.5 Å². The van der Waals surface area contributed by atoms with Gasteiger partial charge in [0.15, 0.2) is 0 Å². The number of imide groups is 1. The molecule has 5 aromatic heterocycles. The predicted molar refractivity (Wildman–Crippen MR) is 253 cm³/mol. The summed E-state index contributed by atoms with van der Waals surface area (Å²) < 4.78 is 16.1.